The standard InChI is InChI=1S/C8H9N3O2/c1-5-7(6(2)13-11-5)8(12)10-4-3-9/h4H2,1-2H3,(H,10,12). The number of amides is 1. The van der Waals surface area contributed by atoms with E-state index in [4.69, 9.17) is 9.78 Å². The van der Waals surface area contributed by atoms with Gasteiger partial charge < -0.3 is 9.84 Å². The van der Waals surface area contributed by atoms with Gasteiger partial charge in [0.1, 0.15) is 17.9 Å². The quantitative estimate of drug-likeness (QED) is 0.672. The average Bonchev–Trinajstić information content (AvgIpc) is 2.42. The Balaban J connectivity index is 2.83. The Hall–Kier alpha value is -1.83. The van der Waals surface area contributed by atoms with Crippen LogP contribution < -0.4 is 5.32 Å². The van der Waals surface area contributed by atoms with Gasteiger partial charge in [-0.15, -0.1) is 0 Å². The first kappa shape index (κ1) is 9.26. The molecule has 0 aromatic carbocycles. The van der Waals surface area contributed by atoms with Crippen LogP contribution in [0.2, 0.25) is 0 Å². The number of hydrogen-bond acceptors (Lipinski definition) is 4. The molecule has 5 heteroatoms. The predicted molar refractivity (Wildman–Crippen MR) is 43.9 cm³/mol. The predicted octanol–water partition coefficient (Wildman–Crippen LogP) is 0.545. The van der Waals surface area contributed by atoms with E-state index in [1.165, 1.54) is 0 Å². The summed E-state index contributed by atoms with van der Waals surface area (Å²) in [5.41, 5.74) is 0.947. The molecule has 1 aromatic heterocycles. The third-order valence-electron chi connectivity index (χ3n) is 1.59. The summed E-state index contributed by atoms with van der Waals surface area (Å²) in [6.07, 6.45) is 0. The molecular formula is C8H9N3O2. The molecule has 0 saturated heterocycles. The molecule has 0 saturated carbocycles. The van der Waals surface area contributed by atoms with Crippen molar-refractivity contribution >= 4 is 5.91 Å². The zero-order chi connectivity index (χ0) is 9.84. The van der Waals surface area contributed by atoms with Crippen molar-refractivity contribution < 1.29 is 9.32 Å². The molecule has 1 amide bonds. The van der Waals surface area contributed by atoms with E-state index in [-0.39, 0.29) is 12.5 Å². The van der Waals surface area contributed by atoms with Crippen LogP contribution in [0, 0.1) is 25.2 Å². The first-order chi connectivity index (χ1) is 6.16. The molecule has 13 heavy (non-hydrogen) atoms. The molecule has 1 rings (SSSR count). The minimum absolute atomic E-state index is 0.0110. The van der Waals surface area contributed by atoms with E-state index in [0.717, 1.165) is 0 Å². The van der Waals surface area contributed by atoms with Crippen molar-refractivity contribution in [3.8, 4) is 6.07 Å². The lowest BCUT2D eigenvalue weighted by atomic mass is 10.2. The maximum atomic E-state index is 11.3. The molecular weight excluding hydrogens is 170 g/mol. The van der Waals surface area contributed by atoms with Crippen molar-refractivity contribution in [3.63, 3.8) is 0 Å². The number of rotatable bonds is 2. The Labute approximate surface area is 75.3 Å². The highest BCUT2D eigenvalue weighted by molar-refractivity contribution is 5.96. The highest BCUT2D eigenvalue weighted by Gasteiger charge is 2.16. The fraction of sp³-hybridized carbons (Fsp3) is 0.375. The van der Waals surface area contributed by atoms with Crippen molar-refractivity contribution in [2.75, 3.05) is 6.54 Å². The van der Waals surface area contributed by atoms with Gasteiger partial charge in [-0.05, 0) is 13.8 Å². The number of nitriles is 1. The Morgan fingerprint density at radius 3 is 2.85 bits per heavy atom. The van der Waals surface area contributed by atoms with Gasteiger partial charge in [0, 0.05) is 0 Å². The van der Waals surface area contributed by atoms with Gasteiger partial charge in [-0.25, -0.2) is 0 Å². The first-order valence-electron chi connectivity index (χ1n) is 3.75. The lowest BCUT2D eigenvalue weighted by Crippen LogP contribution is -2.24. The smallest absolute Gasteiger partial charge is 0.257 e. The molecule has 0 unspecified atom stereocenters. The van der Waals surface area contributed by atoms with Crippen LogP contribution in [0.4, 0.5) is 0 Å². The summed E-state index contributed by atoms with van der Waals surface area (Å²) < 4.78 is 4.80. The van der Waals surface area contributed by atoms with Gasteiger partial charge in [-0.2, -0.15) is 5.26 Å². The molecule has 0 aliphatic carbocycles. The molecule has 0 spiro atoms. The maximum absolute atomic E-state index is 11.3. The maximum Gasteiger partial charge on any atom is 0.257 e. The van der Waals surface area contributed by atoms with E-state index in [1.54, 1.807) is 13.8 Å². The van der Waals surface area contributed by atoms with Crippen molar-refractivity contribution in [3.05, 3.63) is 17.0 Å². The van der Waals surface area contributed by atoms with Crippen LogP contribution in [0.1, 0.15) is 21.8 Å². The van der Waals surface area contributed by atoms with Crippen LogP contribution >= 0.6 is 0 Å². The highest BCUT2D eigenvalue weighted by Crippen LogP contribution is 2.11. The second-order valence-electron chi connectivity index (χ2n) is 2.54. The van der Waals surface area contributed by atoms with Crippen LogP contribution in [0.5, 0.6) is 0 Å². The lowest BCUT2D eigenvalue weighted by Gasteiger charge is -1.97. The Morgan fingerprint density at radius 1 is 1.69 bits per heavy atom. The largest absolute Gasteiger partial charge is 0.361 e. The average molecular weight is 179 g/mol. The number of hydrogen-bond donors (Lipinski definition) is 1. The van der Waals surface area contributed by atoms with Crippen molar-refractivity contribution in [1.29, 1.82) is 5.26 Å². The van der Waals surface area contributed by atoms with Crippen LogP contribution in [0.25, 0.3) is 0 Å². The van der Waals surface area contributed by atoms with Gasteiger partial charge in [0.05, 0.1) is 11.8 Å². The van der Waals surface area contributed by atoms with Crippen LogP contribution in [-0.2, 0) is 0 Å². The van der Waals surface area contributed by atoms with Gasteiger partial charge in [-0.3, -0.25) is 4.79 Å². The third kappa shape index (κ3) is 1.85. The molecule has 1 aromatic rings. The molecule has 0 aliphatic heterocycles. The van der Waals surface area contributed by atoms with Crippen molar-refractivity contribution in [1.82, 2.24) is 10.5 Å². The summed E-state index contributed by atoms with van der Waals surface area (Å²) in [4.78, 5) is 11.3. The summed E-state index contributed by atoms with van der Waals surface area (Å²) in [7, 11) is 0. The fourth-order valence-corrected chi connectivity index (χ4v) is 1.02. The summed E-state index contributed by atoms with van der Waals surface area (Å²) in [6, 6.07) is 1.82. The van der Waals surface area contributed by atoms with Crippen LogP contribution in [0.15, 0.2) is 4.52 Å². The van der Waals surface area contributed by atoms with Crippen LogP contribution in [-0.4, -0.2) is 17.6 Å². The number of nitrogens with one attached hydrogen (secondary N) is 1. The van der Waals surface area contributed by atoms with Gasteiger partial charge in [0.25, 0.3) is 5.91 Å². The second kappa shape index (κ2) is 3.72. The zero-order valence-corrected chi connectivity index (χ0v) is 7.42. The molecule has 0 atom stereocenters. The number of carbonyl (C=O) groups excluding carboxylic acids is 1. The zero-order valence-electron chi connectivity index (χ0n) is 7.42. The van der Waals surface area contributed by atoms with E-state index in [1.807, 2.05) is 6.07 Å². The van der Waals surface area contributed by atoms with E-state index >= 15 is 0 Å². The molecule has 5 nitrogen and oxygen atoms in total. The van der Waals surface area contributed by atoms with Gasteiger partial charge >= 0.3 is 0 Å². The van der Waals surface area contributed by atoms with Crippen LogP contribution in [0.3, 0.4) is 0 Å². The van der Waals surface area contributed by atoms with E-state index in [0.29, 0.717) is 17.0 Å². The molecule has 1 heterocycles. The lowest BCUT2D eigenvalue weighted by molar-refractivity contribution is 0.0956. The Bertz CT molecular complexity index is 342. The first-order valence-corrected chi connectivity index (χ1v) is 3.75. The molecule has 0 aliphatic rings. The van der Waals surface area contributed by atoms with Crippen molar-refractivity contribution in [2.24, 2.45) is 0 Å². The summed E-state index contributed by atoms with van der Waals surface area (Å²) in [5.74, 6) is 0.144. The fourth-order valence-electron chi connectivity index (χ4n) is 1.02. The summed E-state index contributed by atoms with van der Waals surface area (Å²) >= 11 is 0. The number of aryl methyl sites for hydroxylation is 2. The molecule has 1 N–H and O–H groups in total. The van der Waals surface area contributed by atoms with E-state index < -0.39 is 0 Å². The summed E-state index contributed by atoms with van der Waals surface area (Å²) in [5, 5.41) is 14.3. The van der Waals surface area contributed by atoms with Gasteiger partial charge in [0.2, 0.25) is 0 Å². The van der Waals surface area contributed by atoms with Crippen molar-refractivity contribution in [2.45, 2.75) is 13.8 Å². The summed E-state index contributed by atoms with van der Waals surface area (Å²) in [6.45, 7) is 3.32. The minimum Gasteiger partial charge on any atom is -0.361 e. The van der Waals surface area contributed by atoms with E-state index in [2.05, 4.69) is 10.5 Å². The molecule has 68 valence electrons. The highest BCUT2D eigenvalue weighted by atomic mass is 16.5. The Kier molecular flexibility index (Phi) is 2.65. The van der Waals surface area contributed by atoms with Gasteiger partial charge in [0.15, 0.2) is 0 Å². The molecule has 0 bridgehead atoms. The second-order valence-corrected chi connectivity index (χ2v) is 2.54. The van der Waals surface area contributed by atoms with E-state index in [9.17, 15) is 4.79 Å². The Morgan fingerprint density at radius 2 is 2.38 bits per heavy atom. The topological polar surface area (TPSA) is 78.9 Å². The normalized spacial score (nSPS) is 9.31. The number of carbonyl (C=O) groups is 1. The SMILES string of the molecule is Cc1noc(C)c1C(=O)NCC#N. The van der Waals surface area contributed by atoms with Gasteiger partial charge in [-0.1, -0.05) is 5.16 Å². The minimum atomic E-state index is -0.321. The molecule has 0 fully saturated rings. The number of nitrogens with zero attached hydrogens (tertiary/aromatic N) is 2. The number of aromatic nitrogens is 1. The third-order valence-corrected chi connectivity index (χ3v) is 1.59. The molecule has 0 radical (unpaired) electrons. The monoisotopic (exact) mass is 179 g/mol.